The molecule has 0 aromatic carbocycles. The number of carbonyl (C=O) groups excluding carboxylic acids is 3. The van der Waals surface area contributed by atoms with Crippen molar-refractivity contribution in [2.75, 3.05) is 13.7 Å². The Bertz CT molecular complexity index is 1000. The van der Waals surface area contributed by atoms with Gasteiger partial charge in [-0.3, -0.25) is 4.79 Å². The first-order valence-corrected chi connectivity index (χ1v) is 13.7. The fraction of sp³-hybridized carbons (Fsp3) is 0.531. The molecular formula is C32H47NO6. The van der Waals surface area contributed by atoms with Gasteiger partial charge in [-0.1, -0.05) is 73.9 Å². The number of carbonyl (C=O) groups is 3. The predicted molar refractivity (Wildman–Crippen MR) is 156 cm³/mol. The van der Waals surface area contributed by atoms with Crippen LogP contribution >= 0.6 is 0 Å². The molecule has 1 heterocycles. The van der Waals surface area contributed by atoms with Crippen LogP contribution in [-0.4, -0.2) is 48.8 Å². The SMILES string of the molecule is CNC(=O)OC/C=C(\C)CC(C)C(O)C(C)C(=O)C(C)/C=C(C)/C=C/CC/C=C(C)\C=C\C1CC=CC(=O)O1. The van der Waals surface area contributed by atoms with Gasteiger partial charge in [-0.05, 0) is 58.1 Å². The smallest absolute Gasteiger partial charge is 0.407 e. The van der Waals surface area contributed by atoms with Crippen LogP contribution in [0.3, 0.4) is 0 Å². The van der Waals surface area contributed by atoms with Crippen molar-refractivity contribution in [3.8, 4) is 0 Å². The maximum atomic E-state index is 13.0. The number of allylic oxidation sites excluding steroid dienone is 8. The summed E-state index contributed by atoms with van der Waals surface area (Å²) in [5.74, 6) is -1.20. The quantitative estimate of drug-likeness (QED) is 0.111. The van der Waals surface area contributed by atoms with Gasteiger partial charge in [0.1, 0.15) is 18.5 Å². The molecule has 2 N–H and O–H groups in total. The van der Waals surface area contributed by atoms with Crippen molar-refractivity contribution in [3.63, 3.8) is 0 Å². The Labute approximate surface area is 234 Å². The van der Waals surface area contributed by atoms with Gasteiger partial charge in [-0.2, -0.15) is 0 Å². The first-order chi connectivity index (χ1) is 18.4. The number of Topliss-reactive ketones (excluding diaryl/α,β-unsaturated/α-hetero) is 1. The summed E-state index contributed by atoms with van der Waals surface area (Å²) in [7, 11) is 1.50. The first kappa shape index (κ1) is 33.8. The highest BCUT2D eigenvalue weighted by molar-refractivity contribution is 5.85. The van der Waals surface area contributed by atoms with Gasteiger partial charge in [0.25, 0.3) is 0 Å². The fourth-order valence-corrected chi connectivity index (χ4v) is 4.31. The van der Waals surface area contributed by atoms with E-state index in [1.54, 1.807) is 6.92 Å². The van der Waals surface area contributed by atoms with E-state index in [1.807, 2.05) is 71.1 Å². The maximum Gasteiger partial charge on any atom is 0.407 e. The van der Waals surface area contributed by atoms with Gasteiger partial charge in [-0.15, -0.1) is 0 Å². The average molecular weight is 542 g/mol. The van der Waals surface area contributed by atoms with Crippen molar-refractivity contribution < 1.29 is 29.0 Å². The van der Waals surface area contributed by atoms with Crippen molar-refractivity contribution in [1.82, 2.24) is 5.32 Å². The molecule has 1 aliphatic heterocycles. The van der Waals surface area contributed by atoms with Gasteiger partial charge in [-0.25, -0.2) is 9.59 Å². The molecule has 0 aromatic rings. The van der Waals surface area contributed by atoms with Crippen molar-refractivity contribution in [2.24, 2.45) is 17.8 Å². The number of hydrogen-bond acceptors (Lipinski definition) is 6. The summed E-state index contributed by atoms with van der Waals surface area (Å²) >= 11 is 0. The zero-order valence-electron chi connectivity index (χ0n) is 24.6. The molecule has 0 spiro atoms. The number of cyclic esters (lactones) is 1. The second-order valence-corrected chi connectivity index (χ2v) is 10.4. The van der Waals surface area contributed by atoms with Gasteiger partial charge in [0.2, 0.25) is 0 Å². The van der Waals surface area contributed by atoms with E-state index in [0.717, 1.165) is 29.6 Å². The molecule has 0 saturated heterocycles. The van der Waals surface area contributed by atoms with E-state index >= 15 is 0 Å². The van der Waals surface area contributed by atoms with Crippen LogP contribution < -0.4 is 5.32 Å². The van der Waals surface area contributed by atoms with Crippen molar-refractivity contribution in [2.45, 2.75) is 79.4 Å². The lowest BCUT2D eigenvalue weighted by molar-refractivity contribution is -0.141. The number of nitrogens with one attached hydrogen (secondary N) is 1. The molecule has 1 rings (SSSR count). The van der Waals surface area contributed by atoms with Gasteiger partial charge in [0.15, 0.2) is 0 Å². The Morgan fingerprint density at radius 1 is 1.13 bits per heavy atom. The van der Waals surface area contributed by atoms with Gasteiger partial charge in [0.05, 0.1) is 6.10 Å². The lowest BCUT2D eigenvalue weighted by Crippen LogP contribution is -2.34. The molecule has 39 heavy (non-hydrogen) atoms. The summed E-state index contributed by atoms with van der Waals surface area (Å²) in [6.07, 6.45) is 18.8. The number of alkyl carbamates (subject to hydrolysis) is 1. The van der Waals surface area contributed by atoms with Crippen molar-refractivity contribution in [1.29, 1.82) is 0 Å². The minimum absolute atomic E-state index is 0.0103. The van der Waals surface area contributed by atoms with Crippen LogP contribution in [0.15, 0.2) is 71.4 Å². The predicted octanol–water partition coefficient (Wildman–Crippen LogP) is 6.17. The van der Waals surface area contributed by atoms with Crippen molar-refractivity contribution >= 4 is 17.8 Å². The Morgan fingerprint density at radius 3 is 2.51 bits per heavy atom. The molecule has 1 amide bonds. The summed E-state index contributed by atoms with van der Waals surface area (Å²) in [5, 5.41) is 13.2. The van der Waals surface area contributed by atoms with Gasteiger partial charge >= 0.3 is 12.1 Å². The molecule has 0 fully saturated rings. The van der Waals surface area contributed by atoms with Gasteiger partial charge < -0.3 is 19.9 Å². The molecule has 0 saturated carbocycles. The summed E-state index contributed by atoms with van der Waals surface area (Å²) in [5.41, 5.74) is 3.12. The number of unbranched alkanes of at least 4 members (excludes halogenated alkanes) is 1. The highest BCUT2D eigenvalue weighted by Crippen LogP contribution is 2.24. The van der Waals surface area contributed by atoms with Crippen LogP contribution in [0.25, 0.3) is 0 Å². The number of aliphatic hydroxyl groups excluding tert-OH is 1. The monoisotopic (exact) mass is 541 g/mol. The molecular weight excluding hydrogens is 494 g/mol. The molecule has 0 bridgehead atoms. The topological polar surface area (TPSA) is 102 Å². The maximum absolute atomic E-state index is 13.0. The highest BCUT2D eigenvalue weighted by atomic mass is 16.5. The summed E-state index contributed by atoms with van der Waals surface area (Å²) in [6, 6.07) is 0. The summed E-state index contributed by atoms with van der Waals surface area (Å²) in [4.78, 5) is 35.4. The number of aliphatic hydroxyl groups is 1. The number of rotatable bonds is 15. The third kappa shape index (κ3) is 14.0. The summed E-state index contributed by atoms with van der Waals surface area (Å²) in [6.45, 7) is 11.7. The van der Waals surface area contributed by atoms with Gasteiger partial charge in [0, 0.05) is 31.4 Å². The van der Waals surface area contributed by atoms with Crippen LogP contribution in [0.2, 0.25) is 0 Å². The second-order valence-electron chi connectivity index (χ2n) is 10.4. The molecule has 216 valence electrons. The molecule has 7 heteroatoms. The lowest BCUT2D eigenvalue weighted by atomic mass is 9.83. The first-order valence-electron chi connectivity index (χ1n) is 13.7. The molecule has 0 aromatic heterocycles. The number of ketones is 1. The van der Waals surface area contributed by atoms with E-state index < -0.39 is 18.1 Å². The van der Waals surface area contributed by atoms with E-state index in [4.69, 9.17) is 9.47 Å². The lowest BCUT2D eigenvalue weighted by Gasteiger charge is -2.26. The van der Waals surface area contributed by atoms with E-state index in [-0.39, 0.29) is 36.3 Å². The van der Waals surface area contributed by atoms with E-state index in [0.29, 0.717) is 12.8 Å². The second kappa shape index (κ2) is 18.2. The largest absolute Gasteiger partial charge is 0.455 e. The highest BCUT2D eigenvalue weighted by Gasteiger charge is 2.29. The van der Waals surface area contributed by atoms with Crippen LogP contribution in [0.4, 0.5) is 4.79 Å². The van der Waals surface area contributed by atoms with Crippen LogP contribution in [0.5, 0.6) is 0 Å². The van der Waals surface area contributed by atoms with E-state index in [1.165, 1.54) is 13.1 Å². The van der Waals surface area contributed by atoms with E-state index in [2.05, 4.69) is 17.5 Å². The molecule has 5 unspecified atom stereocenters. The zero-order valence-corrected chi connectivity index (χ0v) is 24.6. The molecule has 7 nitrogen and oxygen atoms in total. The third-order valence-electron chi connectivity index (χ3n) is 6.64. The minimum atomic E-state index is -0.766. The molecule has 5 atom stereocenters. The minimum Gasteiger partial charge on any atom is -0.455 e. The Morgan fingerprint density at radius 2 is 1.85 bits per heavy atom. The Kier molecular flexibility index (Phi) is 15.8. The number of hydrogen-bond donors (Lipinski definition) is 2. The number of esters is 1. The zero-order chi connectivity index (χ0) is 29.4. The standard InChI is InChI=1S/C32H47NO6/c1-22(16-17-28-14-11-15-29(34)39-28)12-9-8-10-13-23(2)20-25(4)30(35)27(6)31(36)26(5)21-24(3)18-19-38-32(37)33-7/h10-13,15-18,20,25-28,31,36H,8-9,14,19,21H2,1-7H3,(H,33,37)/b13-10+,17-16+,22-12-,23-20+,24-18+. The van der Waals surface area contributed by atoms with Crippen LogP contribution in [-0.2, 0) is 19.1 Å². The molecule has 0 radical (unpaired) electrons. The normalized spacial score (nSPS) is 20.1. The Balaban J connectivity index is 2.50. The molecule has 1 aliphatic rings. The van der Waals surface area contributed by atoms with Crippen LogP contribution in [0.1, 0.15) is 67.2 Å². The fourth-order valence-electron chi connectivity index (χ4n) is 4.31. The number of amides is 1. The summed E-state index contributed by atoms with van der Waals surface area (Å²) < 4.78 is 10.2. The number of ether oxygens (including phenoxy) is 2. The van der Waals surface area contributed by atoms with Crippen LogP contribution in [0, 0.1) is 17.8 Å². The average Bonchev–Trinajstić information content (AvgIpc) is 2.90. The van der Waals surface area contributed by atoms with E-state index in [9.17, 15) is 19.5 Å². The van der Waals surface area contributed by atoms with Crippen molar-refractivity contribution in [3.05, 3.63) is 71.4 Å². The Hall–Kier alpha value is -3.19. The third-order valence-corrected chi connectivity index (χ3v) is 6.64. The molecule has 0 aliphatic carbocycles.